The Morgan fingerprint density at radius 2 is 1.14 bits per heavy atom. The molecule has 1 aliphatic rings. The molecule has 1 saturated heterocycles. The van der Waals surface area contributed by atoms with Gasteiger partial charge in [-0.1, -0.05) is 60.7 Å². The van der Waals surface area contributed by atoms with Crippen molar-refractivity contribution < 1.29 is 9.47 Å². The van der Waals surface area contributed by atoms with Crippen molar-refractivity contribution in [2.75, 3.05) is 11.5 Å². The van der Waals surface area contributed by atoms with Crippen molar-refractivity contribution in [3.8, 4) is 0 Å². The maximum atomic E-state index is 6.04. The van der Waals surface area contributed by atoms with Crippen LogP contribution in [-0.2, 0) is 22.7 Å². The summed E-state index contributed by atoms with van der Waals surface area (Å²) < 4.78 is 12.1. The zero-order valence-electron chi connectivity index (χ0n) is 12.0. The highest BCUT2D eigenvalue weighted by Gasteiger charge is 2.29. The van der Waals surface area contributed by atoms with Gasteiger partial charge in [0.1, 0.15) is 0 Å². The molecule has 1 fully saturated rings. The molecular weight excluding hydrogens is 280 g/mol. The molecular formula is C18H20O2S. The summed E-state index contributed by atoms with van der Waals surface area (Å²) in [5.74, 6) is 2.04. The summed E-state index contributed by atoms with van der Waals surface area (Å²) in [5.41, 5.74) is 2.44. The standard InChI is InChI=1S/C18H20O2S/c1-3-7-15(8-4-1)11-19-17-13-21-14-18(17)20-12-16-9-5-2-6-10-16/h1-10,17-18H,11-14H2/t17-,18+. The van der Waals surface area contributed by atoms with Gasteiger partial charge in [-0.3, -0.25) is 0 Å². The van der Waals surface area contributed by atoms with Crippen molar-refractivity contribution >= 4 is 11.8 Å². The molecule has 1 heterocycles. The molecule has 21 heavy (non-hydrogen) atoms. The largest absolute Gasteiger partial charge is 0.370 e. The fourth-order valence-electron chi connectivity index (χ4n) is 2.38. The smallest absolute Gasteiger partial charge is 0.0939 e. The summed E-state index contributed by atoms with van der Waals surface area (Å²) in [7, 11) is 0. The third-order valence-electron chi connectivity index (χ3n) is 3.59. The molecule has 3 heteroatoms. The molecule has 0 bridgehead atoms. The third kappa shape index (κ3) is 4.34. The molecule has 3 rings (SSSR count). The Kier molecular flexibility index (Phi) is 5.33. The van der Waals surface area contributed by atoms with E-state index in [4.69, 9.17) is 9.47 Å². The third-order valence-corrected chi connectivity index (χ3v) is 4.72. The van der Waals surface area contributed by atoms with E-state index in [0.29, 0.717) is 13.2 Å². The molecule has 0 saturated carbocycles. The van der Waals surface area contributed by atoms with Crippen LogP contribution in [0, 0.1) is 0 Å². The van der Waals surface area contributed by atoms with Crippen LogP contribution in [0.5, 0.6) is 0 Å². The van der Waals surface area contributed by atoms with Crippen molar-refractivity contribution in [3.05, 3.63) is 71.8 Å². The van der Waals surface area contributed by atoms with Crippen LogP contribution in [0.2, 0.25) is 0 Å². The van der Waals surface area contributed by atoms with E-state index < -0.39 is 0 Å². The van der Waals surface area contributed by atoms with Crippen LogP contribution < -0.4 is 0 Å². The zero-order chi connectivity index (χ0) is 14.3. The SMILES string of the molecule is c1ccc(CO[C@H]2CSC[C@H]2OCc2ccccc2)cc1. The van der Waals surface area contributed by atoms with Crippen LogP contribution in [0.1, 0.15) is 11.1 Å². The Labute approximate surface area is 130 Å². The number of benzene rings is 2. The average Bonchev–Trinajstić information content (AvgIpc) is 3.00. The van der Waals surface area contributed by atoms with Crippen LogP contribution in [-0.4, -0.2) is 23.7 Å². The molecule has 2 aromatic carbocycles. The van der Waals surface area contributed by atoms with Gasteiger partial charge < -0.3 is 9.47 Å². The highest BCUT2D eigenvalue weighted by atomic mass is 32.2. The second-order valence-electron chi connectivity index (χ2n) is 5.21. The van der Waals surface area contributed by atoms with E-state index in [1.807, 2.05) is 48.2 Å². The van der Waals surface area contributed by atoms with Crippen molar-refractivity contribution in [2.45, 2.75) is 25.4 Å². The molecule has 110 valence electrons. The van der Waals surface area contributed by atoms with E-state index in [-0.39, 0.29) is 12.2 Å². The van der Waals surface area contributed by atoms with E-state index >= 15 is 0 Å². The van der Waals surface area contributed by atoms with Crippen LogP contribution in [0.25, 0.3) is 0 Å². The van der Waals surface area contributed by atoms with Gasteiger partial charge >= 0.3 is 0 Å². The summed E-state index contributed by atoms with van der Waals surface area (Å²) in [6.07, 6.45) is 0.387. The van der Waals surface area contributed by atoms with E-state index in [2.05, 4.69) is 24.3 Å². The molecule has 0 unspecified atom stereocenters. The van der Waals surface area contributed by atoms with Crippen molar-refractivity contribution in [1.29, 1.82) is 0 Å². The Hall–Kier alpha value is -1.29. The lowest BCUT2D eigenvalue weighted by Crippen LogP contribution is -2.29. The second kappa shape index (κ2) is 7.64. The minimum absolute atomic E-state index is 0.193. The molecule has 0 aromatic heterocycles. The Morgan fingerprint density at radius 1 is 0.714 bits per heavy atom. The second-order valence-corrected chi connectivity index (χ2v) is 6.28. The number of hydrogen-bond donors (Lipinski definition) is 0. The minimum Gasteiger partial charge on any atom is -0.370 e. The Balaban J connectivity index is 1.49. The van der Waals surface area contributed by atoms with Gasteiger partial charge in [-0.2, -0.15) is 11.8 Å². The number of ether oxygens (including phenoxy) is 2. The van der Waals surface area contributed by atoms with E-state index in [9.17, 15) is 0 Å². The Bertz CT molecular complexity index is 480. The molecule has 0 aliphatic carbocycles. The molecule has 2 atom stereocenters. The van der Waals surface area contributed by atoms with Crippen molar-refractivity contribution in [1.82, 2.24) is 0 Å². The fraction of sp³-hybridized carbons (Fsp3) is 0.333. The van der Waals surface area contributed by atoms with Gasteiger partial charge in [-0.15, -0.1) is 0 Å². The number of hydrogen-bond acceptors (Lipinski definition) is 3. The summed E-state index contributed by atoms with van der Waals surface area (Å²) in [5, 5.41) is 0. The molecule has 0 radical (unpaired) electrons. The van der Waals surface area contributed by atoms with Gasteiger partial charge in [-0.25, -0.2) is 0 Å². The number of rotatable bonds is 6. The van der Waals surface area contributed by atoms with Crippen molar-refractivity contribution in [3.63, 3.8) is 0 Å². The molecule has 0 N–H and O–H groups in total. The van der Waals surface area contributed by atoms with Gasteiger partial charge in [0.2, 0.25) is 0 Å². The van der Waals surface area contributed by atoms with E-state index in [0.717, 1.165) is 11.5 Å². The van der Waals surface area contributed by atoms with Gasteiger partial charge in [-0.05, 0) is 11.1 Å². The maximum Gasteiger partial charge on any atom is 0.0939 e. The first-order valence-corrected chi connectivity index (χ1v) is 8.46. The summed E-state index contributed by atoms with van der Waals surface area (Å²) in [6, 6.07) is 20.6. The first kappa shape index (κ1) is 14.6. The van der Waals surface area contributed by atoms with Gasteiger partial charge in [0.15, 0.2) is 0 Å². The van der Waals surface area contributed by atoms with E-state index in [1.165, 1.54) is 11.1 Å². The van der Waals surface area contributed by atoms with Crippen LogP contribution in [0.3, 0.4) is 0 Å². The first-order valence-electron chi connectivity index (χ1n) is 7.30. The van der Waals surface area contributed by atoms with Crippen LogP contribution in [0.15, 0.2) is 60.7 Å². The summed E-state index contributed by atoms with van der Waals surface area (Å²) in [6.45, 7) is 1.33. The molecule has 0 spiro atoms. The minimum atomic E-state index is 0.193. The predicted molar refractivity (Wildman–Crippen MR) is 87.4 cm³/mol. The van der Waals surface area contributed by atoms with Crippen LogP contribution >= 0.6 is 11.8 Å². The maximum absolute atomic E-state index is 6.04. The molecule has 2 aromatic rings. The van der Waals surface area contributed by atoms with Crippen molar-refractivity contribution in [2.24, 2.45) is 0 Å². The monoisotopic (exact) mass is 300 g/mol. The topological polar surface area (TPSA) is 18.5 Å². The fourth-order valence-corrected chi connectivity index (χ4v) is 3.60. The average molecular weight is 300 g/mol. The molecule has 0 amide bonds. The van der Waals surface area contributed by atoms with Gasteiger partial charge in [0.05, 0.1) is 25.4 Å². The molecule has 2 nitrogen and oxygen atoms in total. The first-order chi connectivity index (χ1) is 10.4. The lowest BCUT2D eigenvalue weighted by atomic mass is 10.2. The normalized spacial score (nSPS) is 21.5. The molecule has 1 aliphatic heterocycles. The van der Waals surface area contributed by atoms with E-state index in [1.54, 1.807) is 0 Å². The highest BCUT2D eigenvalue weighted by Crippen LogP contribution is 2.25. The lowest BCUT2D eigenvalue weighted by molar-refractivity contribution is -0.0591. The van der Waals surface area contributed by atoms with Gasteiger partial charge in [0, 0.05) is 11.5 Å². The van der Waals surface area contributed by atoms with Crippen LogP contribution in [0.4, 0.5) is 0 Å². The lowest BCUT2D eigenvalue weighted by Gasteiger charge is -2.20. The quantitative estimate of drug-likeness (QED) is 0.806. The van der Waals surface area contributed by atoms with Gasteiger partial charge in [0.25, 0.3) is 0 Å². The summed E-state index contributed by atoms with van der Waals surface area (Å²) >= 11 is 1.91. The summed E-state index contributed by atoms with van der Waals surface area (Å²) in [4.78, 5) is 0. The number of thioether (sulfide) groups is 1. The zero-order valence-corrected chi connectivity index (χ0v) is 12.8. The Morgan fingerprint density at radius 3 is 1.57 bits per heavy atom. The predicted octanol–water partition coefficient (Wildman–Crippen LogP) is 3.90. The highest BCUT2D eigenvalue weighted by molar-refractivity contribution is 7.99.